The van der Waals surface area contributed by atoms with Gasteiger partial charge in [0.2, 0.25) is 0 Å². The van der Waals surface area contributed by atoms with Crippen LogP contribution in [-0.4, -0.2) is 12.5 Å². The molecule has 0 aliphatic rings. The van der Waals surface area contributed by atoms with Gasteiger partial charge >= 0.3 is 0 Å². The highest BCUT2D eigenvalue weighted by molar-refractivity contribution is 5.92. The predicted molar refractivity (Wildman–Crippen MR) is 90.7 cm³/mol. The number of aryl methyl sites for hydroxylation is 5. The van der Waals surface area contributed by atoms with E-state index in [1.54, 1.807) is 0 Å². The van der Waals surface area contributed by atoms with Crippen LogP contribution in [0.1, 0.15) is 27.8 Å². The molecule has 0 bridgehead atoms. The van der Waals surface area contributed by atoms with Crippen LogP contribution in [0.2, 0.25) is 0 Å². The summed E-state index contributed by atoms with van der Waals surface area (Å²) in [6.07, 6.45) is 0. The molecule has 22 heavy (non-hydrogen) atoms. The molecule has 0 atom stereocenters. The van der Waals surface area contributed by atoms with Crippen molar-refractivity contribution >= 4 is 11.6 Å². The van der Waals surface area contributed by atoms with E-state index in [9.17, 15) is 4.79 Å². The molecule has 0 fully saturated rings. The second-order valence-electron chi connectivity index (χ2n) is 5.94. The minimum absolute atomic E-state index is 0.0116. The van der Waals surface area contributed by atoms with Gasteiger partial charge in [0.25, 0.3) is 5.91 Å². The highest BCUT2D eigenvalue weighted by atomic mass is 16.5. The smallest absolute Gasteiger partial charge is 0.262 e. The molecule has 0 saturated heterocycles. The van der Waals surface area contributed by atoms with Gasteiger partial charge in [0.1, 0.15) is 5.75 Å². The molecule has 2 aromatic carbocycles. The lowest BCUT2D eigenvalue weighted by molar-refractivity contribution is -0.118. The Labute approximate surface area is 132 Å². The maximum atomic E-state index is 12.1. The molecule has 0 unspecified atom stereocenters. The Hall–Kier alpha value is -2.29. The first-order chi connectivity index (χ1) is 10.3. The van der Waals surface area contributed by atoms with Crippen LogP contribution in [-0.2, 0) is 4.79 Å². The SMILES string of the molecule is Cc1cc(C)cc(NC(=O)COc2c(C)cc(C)cc2C)c1. The van der Waals surface area contributed by atoms with Crippen LogP contribution in [0.25, 0.3) is 0 Å². The van der Waals surface area contributed by atoms with Crippen molar-refractivity contribution < 1.29 is 9.53 Å². The summed E-state index contributed by atoms with van der Waals surface area (Å²) >= 11 is 0. The lowest BCUT2D eigenvalue weighted by Gasteiger charge is -2.13. The number of nitrogens with one attached hydrogen (secondary N) is 1. The van der Waals surface area contributed by atoms with Gasteiger partial charge in [-0.1, -0.05) is 23.8 Å². The van der Waals surface area contributed by atoms with E-state index in [4.69, 9.17) is 4.74 Å². The van der Waals surface area contributed by atoms with Crippen molar-refractivity contribution in [1.29, 1.82) is 0 Å². The number of ether oxygens (including phenoxy) is 1. The van der Waals surface area contributed by atoms with Gasteiger partial charge in [-0.3, -0.25) is 4.79 Å². The number of amides is 1. The fraction of sp³-hybridized carbons (Fsp3) is 0.316. The zero-order valence-electron chi connectivity index (χ0n) is 13.9. The van der Waals surface area contributed by atoms with E-state index in [1.165, 1.54) is 5.56 Å². The van der Waals surface area contributed by atoms with Gasteiger partial charge in [-0.2, -0.15) is 0 Å². The minimum Gasteiger partial charge on any atom is -0.483 e. The number of anilines is 1. The molecule has 0 heterocycles. The summed E-state index contributed by atoms with van der Waals surface area (Å²) in [6.45, 7) is 10.1. The Bertz CT molecular complexity index is 661. The van der Waals surface area contributed by atoms with Crippen molar-refractivity contribution in [3.63, 3.8) is 0 Å². The molecule has 0 aliphatic carbocycles. The monoisotopic (exact) mass is 297 g/mol. The van der Waals surface area contributed by atoms with Crippen LogP contribution >= 0.6 is 0 Å². The molecule has 0 saturated carbocycles. The van der Waals surface area contributed by atoms with E-state index in [0.717, 1.165) is 33.7 Å². The molecule has 0 radical (unpaired) electrons. The standard InChI is InChI=1S/C19H23NO2/c1-12-6-13(2)10-17(9-12)20-18(21)11-22-19-15(4)7-14(3)8-16(19)5/h6-10H,11H2,1-5H3,(H,20,21). The summed E-state index contributed by atoms with van der Waals surface area (Å²) in [5, 5.41) is 2.88. The summed E-state index contributed by atoms with van der Waals surface area (Å²) in [7, 11) is 0. The summed E-state index contributed by atoms with van der Waals surface area (Å²) in [4.78, 5) is 12.1. The fourth-order valence-electron chi connectivity index (χ4n) is 2.78. The average molecular weight is 297 g/mol. The second-order valence-corrected chi connectivity index (χ2v) is 5.94. The van der Waals surface area contributed by atoms with Gasteiger partial charge in [-0.05, 0) is 69.0 Å². The van der Waals surface area contributed by atoms with Crippen molar-refractivity contribution in [3.8, 4) is 5.75 Å². The topological polar surface area (TPSA) is 38.3 Å². The summed E-state index contributed by atoms with van der Waals surface area (Å²) in [6, 6.07) is 10.1. The predicted octanol–water partition coefficient (Wildman–Crippen LogP) is 4.25. The van der Waals surface area contributed by atoms with Gasteiger partial charge in [-0.15, -0.1) is 0 Å². The van der Waals surface area contributed by atoms with Crippen molar-refractivity contribution in [1.82, 2.24) is 0 Å². The van der Waals surface area contributed by atoms with E-state index in [2.05, 4.69) is 30.4 Å². The zero-order valence-corrected chi connectivity index (χ0v) is 13.9. The Morgan fingerprint density at radius 3 is 1.91 bits per heavy atom. The first-order valence-electron chi connectivity index (χ1n) is 7.44. The molecule has 3 nitrogen and oxygen atoms in total. The summed E-state index contributed by atoms with van der Waals surface area (Å²) in [5.74, 6) is 0.644. The van der Waals surface area contributed by atoms with Crippen LogP contribution in [0.5, 0.6) is 5.75 Å². The fourth-order valence-corrected chi connectivity index (χ4v) is 2.78. The van der Waals surface area contributed by atoms with E-state index < -0.39 is 0 Å². The van der Waals surface area contributed by atoms with Gasteiger partial charge < -0.3 is 10.1 Å². The Balaban J connectivity index is 2.01. The van der Waals surface area contributed by atoms with E-state index >= 15 is 0 Å². The Morgan fingerprint density at radius 1 is 0.864 bits per heavy atom. The lowest BCUT2D eigenvalue weighted by Crippen LogP contribution is -2.20. The summed E-state index contributed by atoms with van der Waals surface area (Å²) < 4.78 is 5.71. The third kappa shape index (κ3) is 4.10. The van der Waals surface area contributed by atoms with E-state index in [0.29, 0.717) is 0 Å². The highest BCUT2D eigenvalue weighted by Gasteiger charge is 2.09. The average Bonchev–Trinajstić information content (AvgIpc) is 2.35. The van der Waals surface area contributed by atoms with Crippen LogP contribution < -0.4 is 10.1 Å². The molecule has 3 heteroatoms. The molecule has 116 valence electrons. The summed E-state index contributed by atoms with van der Waals surface area (Å²) in [5.41, 5.74) is 6.36. The minimum atomic E-state index is -0.149. The second kappa shape index (κ2) is 6.65. The molecule has 1 amide bonds. The zero-order chi connectivity index (χ0) is 16.3. The van der Waals surface area contributed by atoms with E-state index in [1.807, 2.05) is 39.8 Å². The molecular weight excluding hydrogens is 274 g/mol. The van der Waals surface area contributed by atoms with Gasteiger partial charge in [0.15, 0.2) is 6.61 Å². The van der Waals surface area contributed by atoms with E-state index in [-0.39, 0.29) is 12.5 Å². The van der Waals surface area contributed by atoms with Crippen LogP contribution in [0.4, 0.5) is 5.69 Å². The first kappa shape index (κ1) is 16.1. The largest absolute Gasteiger partial charge is 0.483 e. The van der Waals surface area contributed by atoms with Gasteiger partial charge in [0.05, 0.1) is 0 Å². The van der Waals surface area contributed by atoms with Crippen LogP contribution in [0.15, 0.2) is 30.3 Å². The van der Waals surface area contributed by atoms with Crippen LogP contribution in [0.3, 0.4) is 0 Å². The van der Waals surface area contributed by atoms with Crippen molar-refractivity contribution in [2.75, 3.05) is 11.9 Å². The maximum Gasteiger partial charge on any atom is 0.262 e. The Kier molecular flexibility index (Phi) is 4.86. The first-order valence-corrected chi connectivity index (χ1v) is 7.44. The van der Waals surface area contributed by atoms with Crippen molar-refractivity contribution in [3.05, 3.63) is 58.1 Å². The molecule has 2 rings (SSSR count). The molecule has 1 N–H and O–H groups in total. The highest BCUT2D eigenvalue weighted by Crippen LogP contribution is 2.24. The number of hydrogen-bond acceptors (Lipinski definition) is 2. The number of hydrogen-bond donors (Lipinski definition) is 1. The van der Waals surface area contributed by atoms with Crippen molar-refractivity contribution in [2.24, 2.45) is 0 Å². The molecule has 0 aromatic heterocycles. The number of carbonyl (C=O) groups is 1. The third-order valence-corrected chi connectivity index (χ3v) is 3.46. The number of benzene rings is 2. The quantitative estimate of drug-likeness (QED) is 0.916. The molecule has 2 aromatic rings. The molecular formula is C19H23NO2. The Morgan fingerprint density at radius 2 is 1.36 bits per heavy atom. The maximum absolute atomic E-state index is 12.1. The number of carbonyl (C=O) groups excluding carboxylic acids is 1. The van der Waals surface area contributed by atoms with Crippen molar-refractivity contribution in [2.45, 2.75) is 34.6 Å². The van der Waals surface area contributed by atoms with Gasteiger partial charge in [0, 0.05) is 5.69 Å². The molecule has 0 aliphatic heterocycles. The lowest BCUT2D eigenvalue weighted by atomic mass is 10.1. The number of rotatable bonds is 4. The third-order valence-electron chi connectivity index (χ3n) is 3.46. The van der Waals surface area contributed by atoms with Gasteiger partial charge in [-0.25, -0.2) is 0 Å². The van der Waals surface area contributed by atoms with Crippen LogP contribution in [0, 0.1) is 34.6 Å². The molecule has 0 spiro atoms. The normalized spacial score (nSPS) is 10.4.